The fourth-order valence-corrected chi connectivity index (χ4v) is 2.08. The molecule has 1 aromatic heterocycles. The largest absolute Gasteiger partial charge is 0.473 e. The molecule has 0 aliphatic heterocycles. The van der Waals surface area contributed by atoms with Crippen LogP contribution >= 0.6 is 0 Å². The van der Waals surface area contributed by atoms with Crippen molar-refractivity contribution in [3.8, 4) is 11.9 Å². The maximum absolute atomic E-state index is 13.5. The average Bonchev–Trinajstić information content (AvgIpc) is 2.54. The van der Waals surface area contributed by atoms with E-state index in [1.165, 1.54) is 6.07 Å². The van der Waals surface area contributed by atoms with Gasteiger partial charge in [-0.05, 0) is 23.8 Å². The van der Waals surface area contributed by atoms with Crippen LogP contribution in [-0.4, -0.2) is 4.98 Å². The Morgan fingerprint density at radius 2 is 1.86 bits per heavy atom. The molecule has 0 fully saturated rings. The number of hydrogen-bond donors (Lipinski definition) is 0. The Morgan fingerprint density at radius 3 is 2.62 bits per heavy atom. The van der Waals surface area contributed by atoms with Crippen LogP contribution in [0.15, 0.2) is 54.6 Å². The number of halogens is 1. The third-order valence-corrected chi connectivity index (χ3v) is 3.14. The van der Waals surface area contributed by atoms with Crippen molar-refractivity contribution in [2.45, 2.75) is 6.61 Å². The molecule has 3 aromatic rings. The predicted octanol–water partition coefficient (Wildman–Crippen LogP) is 3.82. The predicted molar refractivity (Wildman–Crippen MR) is 77.2 cm³/mol. The molecule has 0 aliphatic carbocycles. The van der Waals surface area contributed by atoms with Gasteiger partial charge in [0.25, 0.3) is 0 Å². The van der Waals surface area contributed by atoms with Gasteiger partial charge >= 0.3 is 0 Å². The highest BCUT2D eigenvalue weighted by Crippen LogP contribution is 2.22. The van der Waals surface area contributed by atoms with E-state index in [0.29, 0.717) is 23.4 Å². The summed E-state index contributed by atoms with van der Waals surface area (Å²) in [6, 6.07) is 17.7. The lowest BCUT2D eigenvalue weighted by atomic mass is 10.1. The molecule has 0 atom stereocenters. The van der Waals surface area contributed by atoms with Crippen LogP contribution in [0, 0.1) is 17.1 Å². The van der Waals surface area contributed by atoms with Crippen LogP contribution in [-0.2, 0) is 6.61 Å². The van der Waals surface area contributed by atoms with Crippen molar-refractivity contribution in [2.75, 3.05) is 0 Å². The summed E-state index contributed by atoms with van der Waals surface area (Å²) in [5.74, 6) is -0.0911. The zero-order chi connectivity index (χ0) is 14.7. The lowest BCUT2D eigenvalue weighted by Gasteiger charge is -2.07. The second-order valence-electron chi connectivity index (χ2n) is 4.52. The Kier molecular flexibility index (Phi) is 3.48. The second-order valence-corrected chi connectivity index (χ2v) is 4.52. The van der Waals surface area contributed by atoms with Crippen molar-refractivity contribution in [1.82, 2.24) is 4.98 Å². The molecular formula is C17H11FN2O. The average molecular weight is 278 g/mol. The summed E-state index contributed by atoms with van der Waals surface area (Å²) in [7, 11) is 0. The van der Waals surface area contributed by atoms with Crippen molar-refractivity contribution in [1.29, 1.82) is 5.26 Å². The number of fused-ring (bicyclic) bond motifs is 1. The number of benzene rings is 2. The molecule has 3 rings (SSSR count). The van der Waals surface area contributed by atoms with Gasteiger partial charge in [-0.2, -0.15) is 5.26 Å². The van der Waals surface area contributed by atoms with E-state index in [-0.39, 0.29) is 5.56 Å². The lowest BCUT2D eigenvalue weighted by Crippen LogP contribution is -1.97. The number of nitrogens with zero attached hydrogens (tertiary/aromatic N) is 2. The van der Waals surface area contributed by atoms with E-state index in [2.05, 4.69) is 4.98 Å². The molecule has 0 saturated heterocycles. The Hall–Kier alpha value is -2.93. The summed E-state index contributed by atoms with van der Waals surface area (Å²) in [6.07, 6.45) is 0. The first kappa shape index (κ1) is 13.1. The first-order chi connectivity index (χ1) is 10.3. The number of rotatable bonds is 3. The summed E-state index contributed by atoms with van der Waals surface area (Å²) < 4.78 is 19.1. The molecular weight excluding hydrogens is 267 g/mol. The molecule has 2 aromatic carbocycles. The molecule has 0 unspecified atom stereocenters. The molecule has 102 valence electrons. The van der Waals surface area contributed by atoms with Gasteiger partial charge in [-0.1, -0.05) is 30.3 Å². The van der Waals surface area contributed by atoms with Gasteiger partial charge in [-0.25, -0.2) is 9.37 Å². The van der Waals surface area contributed by atoms with E-state index >= 15 is 0 Å². The van der Waals surface area contributed by atoms with Crippen LogP contribution in [0.4, 0.5) is 4.39 Å². The zero-order valence-electron chi connectivity index (χ0n) is 11.1. The molecule has 0 saturated carbocycles. The smallest absolute Gasteiger partial charge is 0.214 e. The van der Waals surface area contributed by atoms with Gasteiger partial charge in [0.2, 0.25) is 5.88 Å². The number of nitriles is 1. The van der Waals surface area contributed by atoms with E-state index in [1.54, 1.807) is 18.2 Å². The number of aromatic nitrogens is 1. The molecule has 21 heavy (non-hydrogen) atoms. The van der Waals surface area contributed by atoms with Gasteiger partial charge in [-0.3, -0.25) is 0 Å². The Bertz CT molecular complexity index is 825. The summed E-state index contributed by atoms with van der Waals surface area (Å²) in [5.41, 5.74) is 1.59. The minimum atomic E-state index is -0.537. The number of ether oxygens (including phenoxy) is 1. The highest BCUT2D eigenvalue weighted by atomic mass is 19.1. The summed E-state index contributed by atoms with van der Waals surface area (Å²) >= 11 is 0. The van der Waals surface area contributed by atoms with Gasteiger partial charge in [-0.15, -0.1) is 0 Å². The SMILES string of the molecule is N#Cc1c(F)ccc2nc(OCc3ccccc3)ccc12. The molecule has 1 heterocycles. The van der Waals surface area contributed by atoms with Crippen molar-refractivity contribution in [3.05, 3.63) is 71.5 Å². The van der Waals surface area contributed by atoms with Crippen LogP contribution in [0.1, 0.15) is 11.1 Å². The fourth-order valence-electron chi connectivity index (χ4n) is 2.08. The van der Waals surface area contributed by atoms with Crippen LogP contribution in [0.5, 0.6) is 5.88 Å². The normalized spacial score (nSPS) is 10.3. The van der Waals surface area contributed by atoms with Gasteiger partial charge < -0.3 is 4.74 Å². The third kappa shape index (κ3) is 2.67. The Morgan fingerprint density at radius 1 is 1.05 bits per heavy atom. The van der Waals surface area contributed by atoms with Gasteiger partial charge in [0.1, 0.15) is 18.5 Å². The van der Waals surface area contributed by atoms with Crippen LogP contribution in [0.25, 0.3) is 10.9 Å². The minimum absolute atomic E-state index is 0.00890. The van der Waals surface area contributed by atoms with Crippen LogP contribution in [0.3, 0.4) is 0 Å². The summed E-state index contributed by atoms with van der Waals surface area (Å²) in [4.78, 5) is 4.30. The Balaban J connectivity index is 1.88. The maximum atomic E-state index is 13.5. The quantitative estimate of drug-likeness (QED) is 0.731. The fraction of sp³-hybridized carbons (Fsp3) is 0.0588. The third-order valence-electron chi connectivity index (χ3n) is 3.14. The lowest BCUT2D eigenvalue weighted by molar-refractivity contribution is 0.295. The van der Waals surface area contributed by atoms with Gasteiger partial charge in [0.15, 0.2) is 0 Å². The first-order valence-corrected chi connectivity index (χ1v) is 6.44. The minimum Gasteiger partial charge on any atom is -0.473 e. The summed E-state index contributed by atoms with van der Waals surface area (Å²) in [6.45, 7) is 0.408. The summed E-state index contributed by atoms with van der Waals surface area (Å²) in [5, 5.41) is 9.48. The monoisotopic (exact) mass is 278 g/mol. The van der Waals surface area contributed by atoms with Crippen molar-refractivity contribution in [3.63, 3.8) is 0 Å². The van der Waals surface area contributed by atoms with E-state index < -0.39 is 5.82 Å². The maximum Gasteiger partial charge on any atom is 0.214 e. The highest BCUT2D eigenvalue weighted by Gasteiger charge is 2.09. The number of pyridine rings is 1. The van der Waals surface area contributed by atoms with Crippen LogP contribution in [0.2, 0.25) is 0 Å². The van der Waals surface area contributed by atoms with E-state index in [0.717, 1.165) is 5.56 Å². The van der Waals surface area contributed by atoms with Gasteiger partial charge in [0, 0.05) is 11.5 Å². The topological polar surface area (TPSA) is 45.9 Å². The first-order valence-electron chi connectivity index (χ1n) is 6.44. The molecule has 0 N–H and O–H groups in total. The van der Waals surface area contributed by atoms with E-state index in [4.69, 9.17) is 10.00 Å². The molecule has 3 nitrogen and oxygen atoms in total. The number of hydrogen-bond acceptors (Lipinski definition) is 3. The van der Waals surface area contributed by atoms with Crippen molar-refractivity contribution >= 4 is 10.9 Å². The zero-order valence-corrected chi connectivity index (χ0v) is 11.1. The molecule has 0 radical (unpaired) electrons. The van der Waals surface area contributed by atoms with Crippen LogP contribution < -0.4 is 4.74 Å². The molecule has 0 spiro atoms. The molecule has 0 bridgehead atoms. The van der Waals surface area contributed by atoms with Gasteiger partial charge in [0.05, 0.1) is 11.1 Å². The van der Waals surface area contributed by atoms with Crippen molar-refractivity contribution in [2.24, 2.45) is 0 Å². The van der Waals surface area contributed by atoms with Crippen molar-refractivity contribution < 1.29 is 9.13 Å². The standard InChI is InChI=1S/C17H11FN2O/c18-15-7-8-16-13(14(15)10-19)6-9-17(20-16)21-11-12-4-2-1-3-5-12/h1-9H,11H2. The molecule has 4 heteroatoms. The Labute approximate surface area is 121 Å². The highest BCUT2D eigenvalue weighted by molar-refractivity contribution is 5.85. The van der Waals surface area contributed by atoms with E-state index in [9.17, 15) is 4.39 Å². The molecule has 0 aliphatic rings. The molecule has 0 amide bonds. The second kappa shape index (κ2) is 5.59. The van der Waals surface area contributed by atoms with E-state index in [1.807, 2.05) is 36.4 Å².